The molecule has 0 heterocycles. The van der Waals surface area contributed by atoms with Crippen molar-refractivity contribution >= 4 is 10.2 Å². The van der Waals surface area contributed by atoms with Crippen LogP contribution in [0.4, 0.5) is 0 Å². The van der Waals surface area contributed by atoms with Crippen molar-refractivity contribution in [2.75, 3.05) is 0 Å². The molecular formula is C6H16Si. The molecule has 0 radical (unpaired) electrons. The minimum Gasteiger partial charge on any atom is -0.0777 e. The molecule has 7 heavy (non-hydrogen) atoms. The van der Waals surface area contributed by atoms with Crippen molar-refractivity contribution in [3.8, 4) is 0 Å². The van der Waals surface area contributed by atoms with Gasteiger partial charge in [-0.25, -0.2) is 0 Å². The maximum atomic E-state index is 2.30. The van der Waals surface area contributed by atoms with Gasteiger partial charge in [-0.15, -0.1) is 0 Å². The minimum atomic E-state index is 1.05. The fourth-order valence-corrected chi connectivity index (χ4v) is 0.508. The molecular weight excluding hydrogens is 100 g/mol. The van der Waals surface area contributed by atoms with Gasteiger partial charge < -0.3 is 0 Å². The molecule has 2 atom stereocenters. The zero-order chi connectivity index (χ0) is 5.86. The molecule has 0 aromatic heterocycles. The molecule has 0 aliphatic heterocycles. The Morgan fingerprint density at radius 1 is 1.14 bits per heavy atom. The van der Waals surface area contributed by atoms with Gasteiger partial charge >= 0.3 is 0 Å². The van der Waals surface area contributed by atoms with E-state index in [-0.39, 0.29) is 0 Å². The zero-order valence-corrected chi connectivity index (χ0v) is 7.86. The highest BCUT2D eigenvalue weighted by Gasteiger charge is 2.26. The SMILES string of the molecule is CC1CC1C.C[SiH3]. The van der Waals surface area contributed by atoms with Crippen LogP contribution in [-0.2, 0) is 0 Å². The summed E-state index contributed by atoms with van der Waals surface area (Å²) in [4.78, 5) is 0. The van der Waals surface area contributed by atoms with Crippen molar-refractivity contribution in [3.63, 3.8) is 0 Å². The summed E-state index contributed by atoms with van der Waals surface area (Å²) in [7, 11) is 1.31. The van der Waals surface area contributed by atoms with E-state index in [9.17, 15) is 0 Å². The summed E-state index contributed by atoms with van der Waals surface area (Å²) in [5.74, 6) is 2.10. The van der Waals surface area contributed by atoms with Crippen LogP contribution < -0.4 is 0 Å². The van der Waals surface area contributed by atoms with E-state index >= 15 is 0 Å². The Labute approximate surface area is 49.7 Å². The third-order valence-corrected chi connectivity index (χ3v) is 1.51. The molecule has 0 nitrogen and oxygen atoms in total. The van der Waals surface area contributed by atoms with Crippen LogP contribution in [0.25, 0.3) is 0 Å². The second-order valence-electron chi connectivity index (χ2n) is 2.19. The third kappa shape index (κ3) is 2.86. The van der Waals surface area contributed by atoms with Crippen LogP contribution in [0.1, 0.15) is 20.3 Å². The molecule has 0 saturated heterocycles. The van der Waals surface area contributed by atoms with Crippen molar-refractivity contribution < 1.29 is 0 Å². The van der Waals surface area contributed by atoms with Crippen LogP contribution in [0.5, 0.6) is 0 Å². The zero-order valence-electron chi connectivity index (χ0n) is 5.86. The Morgan fingerprint density at radius 2 is 1.29 bits per heavy atom. The molecule has 0 aromatic carbocycles. The quantitative estimate of drug-likeness (QED) is 0.415. The largest absolute Gasteiger partial charge is 0.0777 e. The van der Waals surface area contributed by atoms with Gasteiger partial charge in [-0.05, 0) is 28.5 Å². The second kappa shape index (κ2) is 3.25. The highest BCUT2D eigenvalue weighted by molar-refractivity contribution is 6.05. The van der Waals surface area contributed by atoms with E-state index in [1.54, 1.807) is 0 Å². The van der Waals surface area contributed by atoms with Gasteiger partial charge in [0.2, 0.25) is 0 Å². The lowest BCUT2D eigenvalue weighted by atomic mass is 10.4. The molecule has 1 fully saturated rings. The maximum absolute atomic E-state index is 2.30. The molecule has 44 valence electrons. The van der Waals surface area contributed by atoms with Gasteiger partial charge in [0.15, 0.2) is 0 Å². The summed E-state index contributed by atoms with van der Waals surface area (Å²) in [5.41, 5.74) is 0. The average Bonchev–Trinajstić information content (AvgIpc) is 2.27. The second-order valence-corrected chi connectivity index (χ2v) is 2.19. The normalized spacial score (nSPS) is 36.4. The molecule has 0 spiro atoms. The van der Waals surface area contributed by atoms with Crippen LogP contribution in [0, 0.1) is 11.8 Å². The summed E-state index contributed by atoms with van der Waals surface area (Å²) >= 11 is 0. The molecule has 1 saturated carbocycles. The first-order valence-corrected chi connectivity index (χ1v) is 5.30. The van der Waals surface area contributed by atoms with Gasteiger partial charge in [0, 0.05) is 0 Å². The van der Waals surface area contributed by atoms with Crippen molar-refractivity contribution in [2.24, 2.45) is 11.8 Å². The van der Waals surface area contributed by atoms with E-state index in [0.29, 0.717) is 0 Å². The molecule has 1 aliphatic rings. The molecule has 1 rings (SSSR count). The first-order valence-electron chi connectivity index (χ1n) is 3.30. The summed E-state index contributed by atoms with van der Waals surface area (Å²) in [6, 6.07) is 0. The molecule has 0 aromatic rings. The third-order valence-electron chi connectivity index (χ3n) is 1.51. The Bertz CT molecular complexity index is 37.4. The standard InChI is InChI=1S/C5H10.CH6Si/c1-4-3-5(4)2;1-2/h4-5H,3H2,1-2H3;1-2H3. The number of hydrogen-bond donors (Lipinski definition) is 0. The van der Waals surface area contributed by atoms with Gasteiger partial charge in [-0.2, -0.15) is 0 Å². The van der Waals surface area contributed by atoms with Crippen molar-refractivity contribution in [1.29, 1.82) is 0 Å². The Kier molecular flexibility index (Phi) is 3.35. The van der Waals surface area contributed by atoms with Gasteiger partial charge in [0.1, 0.15) is 0 Å². The van der Waals surface area contributed by atoms with Crippen LogP contribution in [-0.4, -0.2) is 10.2 Å². The predicted molar refractivity (Wildman–Crippen MR) is 38.7 cm³/mol. The maximum Gasteiger partial charge on any atom is -0.000585 e. The van der Waals surface area contributed by atoms with Crippen molar-refractivity contribution in [1.82, 2.24) is 0 Å². The molecule has 1 aliphatic carbocycles. The predicted octanol–water partition coefficient (Wildman–Crippen LogP) is 1.06. The van der Waals surface area contributed by atoms with Gasteiger partial charge in [0.25, 0.3) is 0 Å². The van der Waals surface area contributed by atoms with Crippen molar-refractivity contribution in [3.05, 3.63) is 0 Å². The summed E-state index contributed by atoms with van der Waals surface area (Å²) in [6.07, 6.45) is 1.47. The van der Waals surface area contributed by atoms with Gasteiger partial charge in [-0.3, -0.25) is 0 Å². The average molecular weight is 116 g/mol. The number of hydrogen-bond acceptors (Lipinski definition) is 0. The molecule has 2 unspecified atom stereocenters. The van der Waals surface area contributed by atoms with E-state index in [2.05, 4.69) is 20.4 Å². The smallest absolute Gasteiger partial charge is 0.000585 e. The monoisotopic (exact) mass is 116 g/mol. The minimum absolute atomic E-state index is 1.05. The van der Waals surface area contributed by atoms with Crippen LogP contribution in [0.3, 0.4) is 0 Å². The molecule has 0 bridgehead atoms. The number of rotatable bonds is 0. The first-order chi connectivity index (χ1) is 3.30. The lowest BCUT2D eigenvalue weighted by molar-refractivity contribution is 0.834. The van der Waals surface area contributed by atoms with E-state index in [0.717, 1.165) is 11.8 Å². The molecule has 0 N–H and O–H groups in total. The molecule has 0 amide bonds. The summed E-state index contributed by atoms with van der Waals surface area (Å²) < 4.78 is 0. The van der Waals surface area contributed by atoms with Crippen LogP contribution in [0.2, 0.25) is 6.55 Å². The Morgan fingerprint density at radius 3 is 1.29 bits per heavy atom. The lowest BCUT2D eigenvalue weighted by Crippen LogP contribution is -1.58. The Hall–Kier alpha value is 0.217. The van der Waals surface area contributed by atoms with E-state index < -0.39 is 0 Å². The van der Waals surface area contributed by atoms with Crippen molar-refractivity contribution in [2.45, 2.75) is 26.8 Å². The van der Waals surface area contributed by atoms with E-state index in [4.69, 9.17) is 0 Å². The lowest BCUT2D eigenvalue weighted by Gasteiger charge is -1.66. The highest BCUT2D eigenvalue weighted by atomic mass is 28.1. The summed E-state index contributed by atoms with van der Waals surface area (Å²) in [5, 5.41) is 0. The highest BCUT2D eigenvalue weighted by Crippen LogP contribution is 2.36. The van der Waals surface area contributed by atoms with Gasteiger partial charge in [-0.1, -0.05) is 20.4 Å². The van der Waals surface area contributed by atoms with Crippen LogP contribution >= 0.6 is 0 Å². The fourth-order valence-electron chi connectivity index (χ4n) is 0.508. The topological polar surface area (TPSA) is 0 Å². The summed E-state index contributed by atoms with van der Waals surface area (Å²) in [6.45, 7) is 6.73. The Balaban J connectivity index is 0.000000162. The molecule has 1 heteroatoms. The first kappa shape index (κ1) is 7.22. The van der Waals surface area contributed by atoms with E-state index in [1.165, 1.54) is 16.7 Å². The van der Waals surface area contributed by atoms with Crippen LogP contribution in [0.15, 0.2) is 0 Å². The van der Waals surface area contributed by atoms with Gasteiger partial charge in [0.05, 0.1) is 0 Å². The fraction of sp³-hybridized carbons (Fsp3) is 1.00. The van der Waals surface area contributed by atoms with E-state index in [1.807, 2.05) is 0 Å².